The smallest absolute Gasteiger partial charge is 0.185 e. The molecule has 25 heavy (non-hydrogen) atoms. The molecule has 6 N–H and O–H groups in total. The number of guanidine groups is 1. The second-order valence-corrected chi connectivity index (χ2v) is 5.87. The van der Waals surface area contributed by atoms with E-state index in [2.05, 4.69) is 19.9 Å². The van der Waals surface area contributed by atoms with E-state index in [-0.39, 0.29) is 5.96 Å². The molecule has 0 saturated carbocycles. The normalized spacial score (nSPS) is 11.2. The van der Waals surface area contributed by atoms with Gasteiger partial charge in [0.25, 0.3) is 0 Å². The van der Waals surface area contributed by atoms with E-state index in [1.165, 1.54) is 0 Å². The van der Waals surface area contributed by atoms with Gasteiger partial charge in [0, 0.05) is 25.6 Å². The molecule has 3 rings (SSSR count). The third-order valence-corrected chi connectivity index (χ3v) is 4.09. The lowest BCUT2D eigenvalue weighted by molar-refractivity contribution is 0.174. The first-order chi connectivity index (χ1) is 12.1. The molecular formula is C17H23N7O. The second kappa shape index (κ2) is 7.35. The highest BCUT2D eigenvalue weighted by Crippen LogP contribution is 2.29. The van der Waals surface area contributed by atoms with Gasteiger partial charge in [0.2, 0.25) is 0 Å². The predicted octanol–water partition coefficient (Wildman–Crippen LogP) is 1.58. The van der Waals surface area contributed by atoms with Crippen molar-refractivity contribution >= 4 is 33.7 Å². The topological polar surface area (TPSA) is 128 Å². The van der Waals surface area contributed by atoms with Crippen LogP contribution in [0.4, 0.5) is 5.82 Å². The molecule has 0 fully saturated rings. The maximum Gasteiger partial charge on any atom is 0.185 e. The molecule has 0 atom stereocenters. The molecule has 0 spiro atoms. The van der Waals surface area contributed by atoms with Crippen LogP contribution in [0.3, 0.4) is 0 Å². The van der Waals surface area contributed by atoms with E-state index in [9.17, 15) is 0 Å². The number of aromatic nitrogens is 3. The van der Waals surface area contributed by atoms with Gasteiger partial charge in [-0.3, -0.25) is 5.41 Å². The van der Waals surface area contributed by atoms with Crippen molar-refractivity contribution in [2.24, 2.45) is 5.73 Å². The Balaban J connectivity index is 1.98. The van der Waals surface area contributed by atoms with Gasteiger partial charge in [0.15, 0.2) is 11.8 Å². The molecule has 0 aliphatic carbocycles. The number of pyridine rings is 1. The van der Waals surface area contributed by atoms with Gasteiger partial charge in [-0.05, 0) is 18.9 Å². The maximum absolute atomic E-state index is 7.19. The Hall–Kier alpha value is -2.87. The second-order valence-electron chi connectivity index (χ2n) is 5.87. The molecule has 1 aromatic carbocycles. The van der Waals surface area contributed by atoms with E-state index in [0.717, 1.165) is 41.6 Å². The van der Waals surface area contributed by atoms with Crippen LogP contribution in [-0.2, 0) is 17.9 Å². The molecule has 0 radical (unpaired) electrons. The standard InChI is InChI=1S/C17H23N7O/c1-25-10-13-23-14-15(24(13)9-5-4-8-21-17(19)20)11-6-2-3-7-12(11)22-16(14)18/h2-3,6-7H,4-5,8-10H2,1H3,(H2,18,22)(H4,19,20,21). The zero-order valence-corrected chi connectivity index (χ0v) is 14.2. The number of ether oxygens (including phenoxy) is 1. The number of methoxy groups -OCH3 is 1. The van der Waals surface area contributed by atoms with E-state index >= 15 is 0 Å². The van der Waals surface area contributed by atoms with Gasteiger partial charge in [-0.25, -0.2) is 9.97 Å². The van der Waals surface area contributed by atoms with E-state index in [1.54, 1.807) is 7.11 Å². The highest BCUT2D eigenvalue weighted by atomic mass is 16.5. The summed E-state index contributed by atoms with van der Waals surface area (Å²) in [5.74, 6) is 1.27. The fraction of sp³-hybridized carbons (Fsp3) is 0.353. The van der Waals surface area contributed by atoms with Crippen molar-refractivity contribution in [3.8, 4) is 0 Å². The molecule has 0 amide bonds. The van der Waals surface area contributed by atoms with Crippen LogP contribution < -0.4 is 16.8 Å². The lowest BCUT2D eigenvalue weighted by atomic mass is 10.2. The maximum atomic E-state index is 7.19. The van der Waals surface area contributed by atoms with Crippen LogP contribution in [0.15, 0.2) is 24.3 Å². The zero-order chi connectivity index (χ0) is 17.8. The van der Waals surface area contributed by atoms with Crippen molar-refractivity contribution < 1.29 is 4.74 Å². The van der Waals surface area contributed by atoms with Crippen molar-refractivity contribution in [1.29, 1.82) is 5.41 Å². The number of nitrogens with one attached hydrogen (secondary N) is 2. The van der Waals surface area contributed by atoms with Crippen molar-refractivity contribution in [3.63, 3.8) is 0 Å². The van der Waals surface area contributed by atoms with Crippen LogP contribution >= 0.6 is 0 Å². The fourth-order valence-corrected chi connectivity index (χ4v) is 3.00. The Morgan fingerprint density at radius 3 is 2.84 bits per heavy atom. The van der Waals surface area contributed by atoms with Crippen LogP contribution in [0.25, 0.3) is 21.9 Å². The Bertz CT molecular complexity index is 903. The first-order valence-electron chi connectivity index (χ1n) is 8.22. The summed E-state index contributed by atoms with van der Waals surface area (Å²) in [4.78, 5) is 9.12. The first-order valence-corrected chi connectivity index (χ1v) is 8.22. The Morgan fingerprint density at radius 1 is 1.28 bits per heavy atom. The van der Waals surface area contributed by atoms with Gasteiger partial charge in [-0.2, -0.15) is 0 Å². The Labute approximate surface area is 145 Å². The summed E-state index contributed by atoms with van der Waals surface area (Å²) in [6.45, 7) is 1.86. The van der Waals surface area contributed by atoms with E-state index < -0.39 is 0 Å². The number of unbranched alkanes of at least 4 members (excludes halogenated alkanes) is 1. The molecule has 0 aliphatic rings. The molecule has 2 heterocycles. The summed E-state index contributed by atoms with van der Waals surface area (Å²) in [6.07, 6.45) is 1.81. The summed E-state index contributed by atoms with van der Waals surface area (Å²) in [5.41, 5.74) is 14.0. The number of nitrogen functional groups attached to an aromatic ring is 1. The van der Waals surface area contributed by atoms with Gasteiger partial charge in [-0.1, -0.05) is 18.2 Å². The minimum absolute atomic E-state index is 0.00186. The SMILES string of the molecule is COCc1nc2c(N)nc3ccccc3c2n1CCCCNC(=N)N. The summed E-state index contributed by atoms with van der Waals surface area (Å²) < 4.78 is 7.47. The fourth-order valence-electron chi connectivity index (χ4n) is 3.00. The molecule has 3 aromatic rings. The number of para-hydroxylation sites is 1. The van der Waals surface area contributed by atoms with Crippen LogP contribution in [0.1, 0.15) is 18.7 Å². The van der Waals surface area contributed by atoms with E-state index in [1.807, 2.05) is 24.3 Å². The number of benzene rings is 1. The summed E-state index contributed by atoms with van der Waals surface area (Å²) in [5, 5.41) is 11.0. The molecule has 8 heteroatoms. The molecule has 0 unspecified atom stereocenters. The summed E-state index contributed by atoms with van der Waals surface area (Å²) >= 11 is 0. The van der Waals surface area contributed by atoms with Gasteiger partial charge in [0.05, 0.1) is 11.0 Å². The minimum Gasteiger partial charge on any atom is -0.382 e. The first kappa shape index (κ1) is 17.0. The average Bonchev–Trinajstić information content (AvgIpc) is 2.94. The van der Waals surface area contributed by atoms with Gasteiger partial charge in [0.1, 0.15) is 17.9 Å². The highest BCUT2D eigenvalue weighted by molar-refractivity contribution is 6.06. The number of nitrogens with zero attached hydrogens (tertiary/aromatic N) is 3. The number of nitrogens with two attached hydrogens (primary N) is 2. The largest absolute Gasteiger partial charge is 0.382 e. The number of fused-ring (bicyclic) bond motifs is 3. The predicted molar refractivity (Wildman–Crippen MR) is 99.3 cm³/mol. The van der Waals surface area contributed by atoms with Crippen LogP contribution in [0.5, 0.6) is 0 Å². The number of hydrogen-bond donors (Lipinski definition) is 4. The molecule has 8 nitrogen and oxygen atoms in total. The quantitative estimate of drug-likeness (QED) is 0.293. The number of rotatable bonds is 7. The van der Waals surface area contributed by atoms with E-state index in [0.29, 0.717) is 24.5 Å². The van der Waals surface area contributed by atoms with Crippen molar-refractivity contribution in [1.82, 2.24) is 19.9 Å². The third-order valence-electron chi connectivity index (χ3n) is 4.09. The molecule has 0 aliphatic heterocycles. The number of imidazole rings is 1. The van der Waals surface area contributed by atoms with Crippen molar-refractivity contribution in [3.05, 3.63) is 30.1 Å². The Morgan fingerprint density at radius 2 is 2.08 bits per heavy atom. The monoisotopic (exact) mass is 341 g/mol. The summed E-state index contributed by atoms with van der Waals surface area (Å²) in [7, 11) is 1.65. The van der Waals surface area contributed by atoms with Gasteiger partial charge < -0.3 is 26.1 Å². The van der Waals surface area contributed by atoms with Crippen LogP contribution in [-0.4, -0.2) is 34.1 Å². The minimum atomic E-state index is -0.00186. The van der Waals surface area contributed by atoms with Gasteiger partial charge in [-0.15, -0.1) is 0 Å². The molecule has 132 valence electrons. The van der Waals surface area contributed by atoms with Crippen molar-refractivity contribution in [2.75, 3.05) is 19.4 Å². The highest BCUT2D eigenvalue weighted by Gasteiger charge is 2.16. The number of aryl methyl sites for hydroxylation is 1. The Kier molecular flexibility index (Phi) is 4.99. The number of hydrogen-bond acceptors (Lipinski definition) is 5. The third kappa shape index (κ3) is 3.48. The molecule has 2 aromatic heterocycles. The average molecular weight is 341 g/mol. The van der Waals surface area contributed by atoms with E-state index in [4.69, 9.17) is 21.6 Å². The molecule has 0 bridgehead atoms. The number of anilines is 1. The molecule has 0 saturated heterocycles. The lowest BCUT2D eigenvalue weighted by Gasteiger charge is -2.11. The molecular weight excluding hydrogens is 318 g/mol. The zero-order valence-electron chi connectivity index (χ0n) is 14.2. The van der Waals surface area contributed by atoms with Crippen LogP contribution in [0, 0.1) is 5.41 Å². The van der Waals surface area contributed by atoms with Crippen molar-refractivity contribution in [2.45, 2.75) is 26.0 Å². The summed E-state index contributed by atoms with van der Waals surface area (Å²) in [6, 6.07) is 7.93. The van der Waals surface area contributed by atoms with Gasteiger partial charge >= 0.3 is 0 Å². The van der Waals surface area contributed by atoms with Crippen LogP contribution in [0.2, 0.25) is 0 Å². The lowest BCUT2D eigenvalue weighted by Crippen LogP contribution is -2.31.